The first kappa shape index (κ1) is 21.4. The van der Waals surface area contributed by atoms with Crippen molar-refractivity contribution in [1.29, 1.82) is 0 Å². The van der Waals surface area contributed by atoms with Crippen LogP contribution >= 0.6 is 27.5 Å². The maximum Gasteiger partial charge on any atom is 0.295 e. The third-order valence-corrected chi connectivity index (χ3v) is 6.36. The van der Waals surface area contributed by atoms with Gasteiger partial charge in [0.25, 0.3) is 5.91 Å². The molecule has 1 amide bonds. The summed E-state index contributed by atoms with van der Waals surface area (Å²) >= 11 is 9.83. The van der Waals surface area contributed by atoms with Crippen LogP contribution in [0.5, 0.6) is 0 Å². The van der Waals surface area contributed by atoms with Crippen LogP contribution < -0.4 is 5.32 Å². The third-order valence-electron chi connectivity index (χ3n) is 5.42. The van der Waals surface area contributed by atoms with Crippen molar-refractivity contribution in [3.8, 4) is 17.1 Å². The Hall–Kier alpha value is -3.48. The smallest absolute Gasteiger partial charge is 0.295 e. The summed E-state index contributed by atoms with van der Waals surface area (Å²) in [6.45, 7) is 1.92. The summed E-state index contributed by atoms with van der Waals surface area (Å²) in [5.41, 5.74) is 3.15. The van der Waals surface area contributed by atoms with E-state index in [2.05, 4.69) is 31.3 Å². The number of fused-ring (bicyclic) bond motifs is 1. The lowest BCUT2D eigenvalue weighted by Crippen LogP contribution is -2.14. The van der Waals surface area contributed by atoms with Gasteiger partial charge in [-0.05, 0) is 48.2 Å². The Morgan fingerprint density at radius 2 is 1.67 bits per heavy atom. The van der Waals surface area contributed by atoms with Gasteiger partial charge in [-0.3, -0.25) is 4.79 Å². The molecule has 0 unspecified atom stereocenters. The summed E-state index contributed by atoms with van der Waals surface area (Å²) in [6.07, 6.45) is 0. The highest BCUT2D eigenvalue weighted by molar-refractivity contribution is 9.10. The van der Waals surface area contributed by atoms with E-state index < -0.39 is 0 Å². The molecule has 0 atom stereocenters. The fraction of sp³-hybridized carbons (Fsp3) is 0.0385. The highest BCUT2D eigenvalue weighted by Gasteiger charge is 2.21. The predicted octanol–water partition coefficient (Wildman–Crippen LogP) is 7.06. The zero-order chi connectivity index (χ0) is 22.9. The summed E-state index contributed by atoms with van der Waals surface area (Å²) in [7, 11) is 0. The maximum atomic E-state index is 13.2. The van der Waals surface area contributed by atoms with Gasteiger partial charge in [0.1, 0.15) is 0 Å². The first-order valence-corrected chi connectivity index (χ1v) is 11.5. The maximum absolute atomic E-state index is 13.2. The van der Waals surface area contributed by atoms with Crippen LogP contribution in [-0.4, -0.2) is 20.7 Å². The molecule has 5 nitrogen and oxygen atoms in total. The Balaban J connectivity index is 1.60. The number of carbonyl (C=O) groups excluding carboxylic acids is 1. The van der Waals surface area contributed by atoms with Gasteiger partial charge in [-0.2, -0.15) is 0 Å². The second kappa shape index (κ2) is 8.81. The number of halogens is 2. The van der Waals surface area contributed by atoms with Crippen molar-refractivity contribution in [3.05, 3.63) is 106 Å². The topological polar surface area (TPSA) is 59.8 Å². The molecule has 0 bridgehead atoms. The van der Waals surface area contributed by atoms with Gasteiger partial charge >= 0.3 is 0 Å². The molecular weight excluding hydrogens is 500 g/mol. The van der Waals surface area contributed by atoms with E-state index in [4.69, 9.17) is 11.6 Å². The molecule has 5 rings (SSSR count). The second-order valence-corrected chi connectivity index (χ2v) is 8.87. The zero-order valence-corrected chi connectivity index (χ0v) is 19.9. The fourth-order valence-corrected chi connectivity index (χ4v) is 4.13. The van der Waals surface area contributed by atoms with E-state index in [0.29, 0.717) is 16.5 Å². The Morgan fingerprint density at radius 1 is 0.939 bits per heavy atom. The first-order valence-electron chi connectivity index (χ1n) is 10.3. The number of nitrogens with one attached hydrogen (secondary N) is 1. The van der Waals surface area contributed by atoms with E-state index >= 15 is 0 Å². The van der Waals surface area contributed by atoms with Gasteiger partial charge in [-0.1, -0.05) is 82.1 Å². The monoisotopic (exact) mass is 516 g/mol. The second-order valence-electron chi connectivity index (χ2n) is 7.54. The molecule has 0 saturated carbocycles. The third kappa shape index (κ3) is 4.15. The van der Waals surface area contributed by atoms with E-state index in [1.54, 1.807) is 4.68 Å². The van der Waals surface area contributed by atoms with Crippen molar-refractivity contribution in [2.75, 3.05) is 5.32 Å². The number of nitrogens with zero attached hydrogens (tertiary/aromatic N) is 3. The molecule has 5 aromatic rings. The van der Waals surface area contributed by atoms with Crippen molar-refractivity contribution in [3.63, 3.8) is 0 Å². The van der Waals surface area contributed by atoms with Crippen LogP contribution in [-0.2, 0) is 0 Å². The van der Waals surface area contributed by atoms with Gasteiger partial charge in [-0.15, -0.1) is 5.10 Å². The van der Waals surface area contributed by atoms with Crippen molar-refractivity contribution in [2.45, 2.75) is 6.92 Å². The molecule has 1 aromatic heterocycles. The largest absolute Gasteiger partial charge is 0.319 e. The van der Waals surface area contributed by atoms with E-state index in [1.807, 2.05) is 91.9 Å². The Morgan fingerprint density at radius 3 is 2.48 bits per heavy atom. The Labute approximate surface area is 204 Å². The number of hydrogen-bond acceptors (Lipinski definition) is 3. The van der Waals surface area contributed by atoms with Crippen LogP contribution in [0.25, 0.3) is 27.8 Å². The number of hydrogen-bond donors (Lipinski definition) is 1. The van der Waals surface area contributed by atoms with Gasteiger partial charge in [0.05, 0.1) is 5.69 Å². The van der Waals surface area contributed by atoms with Crippen LogP contribution in [0, 0.1) is 6.92 Å². The summed E-state index contributed by atoms with van der Waals surface area (Å²) in [4.78, 5) is 17.8. The molecule has 7 heteroatoms. The Bertz CT molecular complexity index is 1490. The van der Waals surface area contributed by atoms with E-state index in [0.717, 1.165) is 32.1 Å². The number of rotatable bonds is 4. The molecule has 0 aliphatic heterocycles. The number of carbonyl (C=O) groups is 1. The molecule has 0 saturated heterocycles. The zero-order valence-electron chi connectivity index (χ0n) is 17.6. The van der Waals surface area contributed by atoms with Gasteiger partial charge < -0.3 is 5.32 Å². The first-order chi connectivity index (χ1) is 16.0. The summed E-state index contributed by atoms with van der Waals surface area (Å²) in [5, 5.41) is 10.2. The highest BCUT2D eigenvalue weighted by Crippen LogP contribution is 2.28. The van der Waals surface area contributed by atoms with Crippen LogP contribution in [0.3, 0.4) is 0 Å². The minimum Gasteiger partial charge on any atom is -0.319 e. The van der Waals surface area contributed by atoms with Gasteiger partial charge in [0.15, 0.2) is 5.82 Å². The molecule has 0 radical (unpaired) electrons. The number of anilines is 1. The standard InChI is InChI=1S/C26H18BrClN4O/c1-16-21(28)9-5-11-23(16)32-25(18-12-14-19(27)15-13-18)30-24(31-32)26(33)29-22-10-4-7-17-6-2-3-8-20(17)22/h2-15H,1H3,(H,29,33). The molecule has 33 heavy (non-hydrogen) atoms. The van der Waals surface area contributed by atoms with Crippen LogP contribution in [0.15, 0.2) is 89.4 Å². The molecule has 162 valence electrons. The van der Waals surface area contributed by atoms with Gasteiger partial charge in [0.2, 0.25) is 5.82 Å². The van der Waals surface area contributed by atoms with Crippen molar-refractivity contribution >= 4 is 49.9 Å². The lowest BCUT2D eigenvalue weighted by atomic mass is 10.1. The van der Waals surface area contributed by atoms with E-state index in [9.17, 15) is 4.79 Å². The van der Waals surface area contributed by atoms with Crippen molar-refractivity contribution < 1.29 is 4.79 Å². The summed E-state index contributed by atoms with van der Waals surface area (Å²) in [6, 6.07) is 27.0. The minimum atomic E-state index is -0.386. The molecule has 0 spiro atoms. The lowest BCUT2D eigenvalue weighted by molar-refractivity contribution is 0.101. The summed E-state index contributed by atoms with van der Waals surface area (Å²) < 4.78 is 2.62. The average Bonchev–Trinajstić information content (AvgIpc) is 3.27. The minimum absolute atomic E-state index is 0.0697. The molecule has 0 aliphatic carbocycles. The average molecular weight is 518 g/mol. The van der Waals surface area contributed by atoms with Crippen molar-refractivity contribution in [1.82, 2.24) is 14.8 Å². The molecule has 0 aliphatic rings. The molecular formula is C26H18BrClN4O. The van der Waals surface area contributed by atoms with Crippen LogP contribution in [0.4, 0.5) is 5.69 Å². The normalized spacial score (nSPS) is 11.0. The number of aromatic nitrogens is 3. The van der Waals surface area contributed by atoms with Crippen molar-refractivity contribution in [2.24, 2.45) is 0 Å². The molecule has 0 fully saturated rings. The molecule has 1 heterocycles. The van der Waals surface area contributed by atoms with Gasteiger partial charge in [0, 0.05) is 26.1 Å². The lowest BCUT2D eigenvalue weighted by Gasteiger charge is -2.10. The highest BCUT2D eigenvalue weighted by atomic mass is 79.9. The molecule has 1 N–H and O–H groups in total. The predicted molar refractivity (Wildman–Crippen MR) is 136 cm³/mol. The quantitative estimate of drug-likeness (QED) is 0.277. The summed E-state index contributed by atoms with van der Waals surface area (Å²) in [5.74, 6) is 0.235. The van der Waals surface area contributed by atoms with Gasteiger partial charge in [-0.25, -0.2) is 9.67 Å². The van der Waals surface area contributed by atoms with E-state index in [1.165, 1.54) is 0 Å². The van der Waals surface area contributed by atoms with Crippen LogP contribution in [0.2, 0.25) is 5.02 Å². The fourth-order valence-electron chi connectivity index (χ4n) is 3.70. The Kier molecular flexibility index (Phi) is 5.70. The van der Waals surface area contributed by atoms with E-state index in [-0.39, 0.29) is 11.7 Å². The number of amides is 1. The molecule has 4 aromatic carbocycles. The SMILES string of the molecule is Cc1c(Cl)cccc1-n1nc(C(=O)Nc2cccc3ccccc23)nc1-c1ccc(Br)cc1. The number of benzene rings is 4. The van der Waals surface area contributed by atoms with Crippen LogP contribution in [0.1, 0.15) is 16.2 Å².